The van der Waals surface area contributed by atoms with E-state index in [1.807, 2.05) is 0 Å². The summed E-state index contributed by atoms with van der Waals surface area (Å²) in [5.74, 6) is -0.847. The van der Waals surface area contributed by atoms with Gasteiger partial charge in [-0.15, -0.1) is 0 Å². The molecule has 0 saturated carbocycles. The molecule has 3 rings (SSSR count). The predicted octanol–water partition coefficient (Wildman–Crippen LogP) is 5.68. The summed E-state index contributed by atoms with van der Waals surface area (Å²) in [5, 5.41) is 19.6. The van der Waals surface area contributed by atoms with Crippen molar-refractivity contribution in [3.63, 3.8) is 0 Å². The standard InChI is InChI=1S/C22H10Cl4N4O2/c23-11-1-3-13(15(25)5-11)21(31)7-17-18(30-20(10-28)19(9-27)29-17)8-22(32)14-4-2-12(24)6-16(14)26/h1-6H,7-8H2. The van der Waals surface area contributed by atoms with Crippen LogP contribution >= 0.6 is 46.4 Å². The number of rotatable bonds is 6. The molecule has 6 nitrogen and oxygen atoms in total. The lowest BCUT2D eigenvalue weighted by Gasteiger charge is -2.10. The van der Waals surface area contributed by atoms with Gasteiger partial charge in [0.25, 0.3) is 0 Å². The Kier molecular flexibility index (Phi) is 7.45. The van der Waals surface area contributed by atoms with Crippen molar-refractivity contribution in [1.29, 1.82) is 10.5 Å². The van der Waals surface area contributed by atoms with Crippen LogP contribution in [0.3, 0.4) is 0 Å². The van der Waals surface area contributed by atoms with E-state index in [0.717, 1.165) is 0 Å². The third-order valence-electron chi connectivity index (χ3n) is 4.38. The van der Waals surface area contributed by atoms with Gasteiger partial charge in [-0.1, -0.05) is 46.4 Å². The van der Waals surface area contributed by atoms with Crippen LogP contribution in [-0.2, 0) is 12.8 Å². The van der Waals surface area contributed by atoms with E-state index in [-0.39, 0.29) is 56.8 Å². The number of nitrogens with zero attached hydrogens (tertiary/aromatic N) is 4. The topological polar surface area (TPSA) is 108 Å². The number of hydrogen-bond donors (Lipinski definition) is 0. The van der Waals surface area contributed by atoms with Gasteiger partial charge in [0.05, 0.1) is 34.3 Å². The fourth-order valence-electron chi connectivity index (χ4n) is 2.87. The molecule has 158 valence electrons. The Morgan fingerprint density at radius 3 is 1.41 bits per heavy atom. The number of carbonyl (C=O) groups is 2. The zero-order valence-electron chi connectivity index (χ0n) is 16.0. The number of nitriles is 2. The average Bonchev–Trinajstić information content (AvgIpc) is 2.74. The predicted molar refractivity (Wildman–Crippen MR) is 120 cm³/mol. The summed E-state index contributed by atoms with van der Waals surface area (Å²) in [5.41, 5.74) is 0.0407. The summed E-state index contributed by atoms with van der Waals surface area (Å²) >= 11 is 24.0. The van der Waals surface area contributed by atoms with Crippen LogP contribution in [0.25, 0.3) is 0 Å². The van der Waals surface area contributed by atoms with Crippen molar-refractivity contribution in [1.82, 2.24) is 9.97 Å². The minimum absolute atomic E-state index is 0.0787. The highest BCUT2D eigenvalue weighted by molar-refractivity contribution is 6.37. The second-order valence-electron chi connectivity index (χ2n) is 6.49. The van der Waals surface area contributed by atoms with Crippen molar-refractivity contribution >= 4 is 58.0 Å². The van der Waals surface area contributed by atoms with Crippen LogP contribution in [0.1, 0.15) is 43.5 Å². The van der Waals surface area contributed by atoms with E-state index < -0.39 is 11.6 Å². The molecular formula is C22H10Cl4N4O2. The van der Waals surface area contributed by atoms with E-state index >= 15 is 0 Å². The van der Waals surface area contributed by atoms with Crippen LogP contribution in [0.2, 0.25) is 20.1 Å². The zero-order chi connectivity index (χ0) is 23.4. The summed E-state index contributed by atoms with van der Waals surface area (Å²) in [4.78, 5) is 33.9. The first-order valence-electron chi connectivity index (χ1n) is 8.90. The van der Waals surface area contributed by atoms with Gasteiger partial charge in [-0.3, -0.25) is 9.59 Å². The van der Waals surface area contributed by atoms with Gasteiger partial charge in [0.1, 0.15) is 12.1 Å². The molecule has 0 bridgehead atoms. The highest BCUT2D eigenvalue weighted by Gasteiger charge is 2.22. The molecule has 0 N–H and O–H groups in total. The number of halogens is 4. The zero-order valence-corrected chi connectivity index (χ0v) is 19.0. The third kappa shape index (κ3) is 5.24. The highest BCUT2D eigenvalue weighted by Crippen LogP contribution is 2.25. The molecule has 0 radical (unpaired) electrons. The van der Waals surface area contributed by atoms with Crippen LogP contribution in [-0.4, -0.2) is 21.5 Å². The van der Waals surface area contributed by atoms with E-state index in [1.54, 1.807) is 12.1 Å². The lowest BCUT2D eigenvalue weighted by molar-refractivity contribution is 0.0977. The molecule has 0 unspecified atom stereocenters. The van der Waals surface area contributed by atoms with Crippen LogP contribution in [0.4, 0.5) is 0 Å². The van der Waals surface area contributed by atoms with Gasteiger partial charge in [0.15, 0.2) is 23.0 Å². The minimum atomic E-state index is -0.423. The number of carbonyl (C=O) groups excluding carboxylic acids is 2. The monoisotopic (exact) mass is 502 g/mol. The van der Waals surface area contributed by atoms with Crippen molar-refractivity contribution in [3.05, 3.63) is 90.4 Å². The van der Waals surface area contributed by atoms with Crippen molar-refractivity contribution in [2.75, 3.05) is 0 Å². The van der Waals surface area contributed by atoms with Crippen molar-refractivity contribution in [2.24, 2.45) is 0 Å². The SMILES string of the molecule is N#Cc1nc(CC(=O)c2ccc(Cl)cc2Cl)c(CC(=O)c2ccc(Cl)cc2Cl)nc1C#N. The van der Waals surface area contributed by atoms with Crippen molar-refractivity contribution < 1.29 is 9.59 Å². The second kappa shape index (κ2) is 10.1. The van der Waals surface area contributed by atoms with Gasteiger partial charge < -0.3 is 0 Å². The van der Waals surface area contributed by atoms with Gasteiger partial charge >= 0.3 is 0 Å². The van der Waals surface area contributed by atoms with Crippen LogP contribution in [0.15, 0.2) is 36.4 Å². The van der Waals surface area contributed by atoms with Gasteiger partial charge in [-0.05, 0) is 36.4 Å². The first-order chi connectivity index (χ1) is 15.2. The lowest BCUT2D eigenvalue weighted by Crippen LogP contribution is -2.16. The molecule has 3 aromatic rings. The number of benzene rings is 2. The summed E-state index contributed by atoms with van der Waals surface area (Å²) in [7, 11) is 0. The first-order valence-corrected chi connectivity index (χ1v) is 10.4. The molecule has 1 heterocycles. The normalized spacial score (nSPS) is 10.3. The molecule has 1 aromatic heterocycles. The van der Waals surface area contributed by atoms with E-state index in [0.29, 0.717) is 10.0 Å². The Labute approximate surface area is 202 Å². The maximum atomic E-state index is 12.8. The van der Waals surface area contributed by atoms with Gasteiger partial charge in [0, 0.05) is 21.2 Å². The largest absolute Gasteiger partial charge is 0.294 e. The summed E-state index contributed by atoms with van der Waals surface area (Å²) in [6.07, 6.45) is -0.600. The Balaban J connectivity index is 2.01. The molecule has 0 aliphatic heterocycles. The van der Waals surface area contributed by atoms with Crippen molar-refractivity contribution in [3.8, 4) is 12.1 Å². The van der Waals surface area contributed by atoms with Crippen LogP contribution < -0.4 is 0 Å². The number of ketones is 2. The van der Waals surface area contributed by atoms with Crippen molar-refractivity contribution in [2.45, 2.75) is 12.8 Å². The van der Waals surface area contributed by atoms with Gasteiger partial charge in [-0.25, -0.2) is 9.97 Å². The summed E-state index contributed by atoms with van der Waals surface area (Å²) in [6, 6.07) is 12.4. The molecule has 0 aliphatic carbocycles. The number of hydrogen-bond acceptors (Lipinski definition) is 6. The summed E-state index contributed by atoms with van der Waals surface area (Å²) < 4.78 is 0. The van der Waals surface area contributed by atoms with E-state index in [2.05, 4.69) is 9.97 Å². The maximum absolute atomic E-state index is 12.8. The molecular weight excluding hydrogens is 494 g/mol. The van der Waals surface area contributed by atoms with Crippen LogP contribution in [0, 0.1) is 22.7 Å². The molecule has 0 spiro atoms. The van der Waals surface area contributed by atoms with Gasteiger partial charge in [0.2, 0.25) is 0 Å². The molecule has 0 atom stereocenters. The molecule has 0 saturated heterocycles. The van der Waals surface area contributed by atoms with E-state index in [1.165, 1.54) is 36.4 Å². The molecule has 0 fully saturated rings. The molecule has 0 aliphatic rings. The Morgan fingerprint density at radius 2 is 1.09 bits per heavy atom. The fraction of sp³-hybridized carbons (Fsp3) is 0.0909. The van der Waals surface area contributed by atoms with E-state index in [4.69, 9.17) is 46.4 Å². The minimum Gasteiger partial charge on any atom is -0.294 e. The maximum Gasteiger partial charge on any atom is 0.177 e. The molecule has 10 heteroatoms. The highest BCUT2D eigenvalue weighted by atomic mass is 35.5. The average molecular weight is 504 g/mol. The third-order valence-corrected chi connectivity index (χ3v) is 5.48. The molecule has 32 heavy (non-hydrogen) atoms. The Bertz CT molecular complexity index is 1240. The fourth-order valence-corrected chi connectivity index (χ4v) is 3.90. The number of aromatic nitrogens is 2. The molecule has 0 amide bonds. The Morgan fingerprint density at radius 1 is 0.719 bits per heavy atom. The molecule has 2 aromatic carbocycles. The first kappa shape index (κ1) is 23.7. The quantitative estimate of drug-likeness (QED) is 0.400. The van der Waals surface area contributed by atoms with Gasteiger partial charge in [-0.2, -0.15) is 10.5 Å². The number of Topliss-reactive ketones (excluding diaryl/α,β-unsaturated/α-hetero) is 2. The Hall–Kier alpha value is -3.00. The van der Waals surface area contributed by atoms with E-state index in [9.17, 15) is 20.1 Å². The van der Waals surface area contributed by atoms with Crippen LogP contribution in [0.5, 0.6) is 0 Å². The second-order valence-corrected chi connectivity index (χ2v) is 8.17. The lowest BCUT2D eigenvalue weighted by atomic mass is 10.0. The summed E-state index contributed by atoms with van der Waals surface area (Å²) in [6.45, 7) is 0. The smallest absolute Gasteiger partial charge is 0.177 e.